The van der Waals surface area contributed by atoms with Crippen LogP contribution in [-0.4, -0.2) is 10.8 Å². The van der Waals surface area contributed by atoms with E-state index < -0.39 is 17.6 Å². The summed E-state index contributed by atoms with van der Waals surface area (Å²) in [4.78, 5) is 16.1. The van der Waals surface area contributed by atoms with Gasteiger partial charge in [0.25, 0.3) is 0 Å². The fourth-order valence-electron chi connectivity index (χ4n) is 4.26. The molecule has 1 N–H and O–H groups in total. The summed E-state index contributed by atoms with van der Waals surface area (Å²) in [5.41, 5.74) is 1.77. The molecule has 4 rings (SSSR count). The SMILES string of the molecule is CC(=O)c1ncc(Nc2ccc(F)c(C(F)(F)F)c2)c2c1C1CCC2C1. The van der Waals surface area contributed by atoms with Gasteiger partial charge in [-0.2, -0.15) is 13.2 Å². The van der Waals surface area contributed by atoms with E-state index in [-0.39, 0.29) is 23.3 Å². The van der Waals surface area contributed by atoms with Crippen molar-refractivity contribution in [2.75, 3.05) is 5.32 Å². The predicted molar refractivity (Wildman–Crippen MR) is 88.3 cm³/mol. The van der Waals surface area contributed by atoms with Gasteiger partial charge in [-0.05, 0) is 60.4 Å². The molecule has 0 radical (unpaired) electrons. The van der Waals surface area contributed by atoms with E-state index in [4.69, 9.17) is 0 Å². The van der Waals surface area contributed by atoms with Gasteiger partial charge >= 0.3 is 6.18 Å². The van der Waals surface area contributed by atoms with E-state index in [2.05, 4.69) is 10.3 Å². The van der Waals surface area contributed by atoms with Crippen molar-refractivity contribution in [2.45, 2.75) is 44.2 Å². The first kappa shape index (κ1) is 17.0. The van der Waals surface area contributed by atoms with Crippen molar-refractivity contribution >= 4 is 17.2 Å². The molecule has 136 valence electrons. The molecule has 2 aromatic rings. The van der Waals surface area contributed by atoms with Gasteiger partial charge in [0, 0.05) is 12.6 Å². The Labute approximate surface area is 147 Å². The summed E-state index contributed by atoms with van der Waals surface area (Å²) >= 11 is 0. The number of carbonyl (C=O) groups is 1. The first-order chi connectivity index (χ1) is 12.3. The van der Waals surface area contributed by atoms with Crippen LogP contribution in [0, 0.1) is 5.82 Å². The third-order valence-corrected chi connectivity index (χ3v) is 5.29. The van der Waals surface area contributed by atoms with Crippen LogP contribution in [0.5, 0.6) is 0 Å². The molecule has 2 aliphatic rings. The normalized spacial score (nSPS) is 21.0. The molecule has 0 saturated heterocycles. The van der Waals surface area contributed by atoms with Gasteiger partial charge in [0.05, 0.1) is 17.4 Å². The lowest BCUT2D eigenvalue weighted by Crippen LogP contribution is -2.12. The van der Waals surface area contributed by atoms with Crippen LogP contribution < -0.4 is 5.32 Å². The number of hydrogen-bond acceptors (Lipinski definition) is 3. The smallest absolute Gasteiger partial charge is 0.354 e. The van der Waals surface area contributed by atoms with E-state index in [0.29, 0.717) is 11.4 Å². The molecule has 0 amide bonds. The maximum atomic E-state index is 13.5. The summed E-state index contributed by atoms with van der Waals surface area (Å²) in [6.45, 7) is 1.47. The number of benzene rings is 1. The molecule has 3 nitrogen and oxygen atoms in total. The Kier molecular flexibility index (Phi) is 3.78. The lowest BCUT2D eigenvalue weighted by atomic mass is 9.89. The Morgan fingerprint density at radius 3 is 2.54 bits per heavy atom. The Balaban J connectivity index is 1.76. The Hall–Kier alpha value is -2.44. The third-order valence-electron chi connectivity index (χ3n) is 5.29. The quantitative estimate of drug-likeness (QED) is 0.573. The second-order valence-electron chi connectivity index (χ2n) is 6.93. The van der Waals surface area contributed by atoms with Gasteiger partial charge in [-0.15, -0.1) is 0 Å². The molecule has 2 aliphatic carbocycles. The van der Waals surface area contributed by atoms with E-state index in [1.165, 1.54) is 19.2 Å². The molecule has 1 fully saturated rings. The van der Waals surface area contributed by atoms with Crippen molar-refractivity contribution in [3.05, 3.63) is 52.6 Å². The monoisotopic (exact) mass is 364 g/mol. The fourth-order valence-corrected chi connectivity index (χ4v) is 4.26. The van der Waals surface area contributed by atoms with Crippen molar-refractivity contribution in [3.63, 3.8) is 0 Å². The fraction of sp³-hybridized carbons (Fsp3) is 0.368. The standard InChI is InChI=1S/C19H16F4N2O/c1-9(26)18-17-11-3-2-10(6-11)16(17)15(8-24-18)25-12-4-5-14(20)13(7-12)19(21,22)23/h4-5,7-8,10-11,25H,2-3,6H2,1H3. The molecule has 1 aromatic carbocycles. The molecule has 2 bridgehead atoms. The van der Waals surface area contributed by atoms with Crippen molar-refractivity contribution < 1.29 is 22.4 Å². The van der Waals surface area contributed by atoms with Crippen LogP contribution in [0.25, 0.3) is 0 Å². The number of alkyl halides is 3. The van der Waals surface area contributed by atoms with Gasteiger partial charge < -0.3 is 5.32 Å². The third kappa shape index (κ3) is 2.66. The summed E-state index contributed by atoms with van der Waals surface area (Å²) in [7, 11) is 0. The highest BCUT2D eigenvalue weighted by Gasteiger charge is 2.41. The largest absolute Gasteiger partial charge is 0.419 e. The Morgan fingerprint density at radius 2 is 1.88 bits per heavy atom. The molecule has 0 aliphatic heterocycles. The number of hydrogen-bond donors (Lipinski definition) is 1. The number of aromatic nitrogens is 1. The minimum atomic E-state index is -4.76. The number of rotatable bonds is 3. The van der Waals surface area contributed by atoms with Gasteiger partial charge in [-0.3, -0.25) is 9.78 Å². The highest BCUT2D eigenvalue weighted by Crippen LogP contribution is 2.56. The van der Waals surface area contributed by atoms with E-state index in [0.717, 1.165) is 42.5 Å². The summed E-state index contributed by atoms with van der Waals surface area (Å²) in [6.07, 6.45) is -0.345. The van der Waals surface area contributed by atoms with Gasteiger partial charge in [0.2, 0.25) is 0 Å². The number of carbonyl (C=O) groups excluding carboxylic acids is 1. The molecule has 1 saturated carbocycles. The van der Waals surface area contributed by atoms with Crippen LogP contribution in [0.15, 0.2) is 24.4 Å². The number of ketones is 1. The second kappa shape index (κ2) is 5.79. The zero-order valence-corrected chi connectivity index (χ0v) is 14.0. The van der Waals surface area contributed by atoms with E-state index in [9.17, 15) is 22.4 Å². The van der Waals surface area contributed by atoms with E-state index in [1.807, 2.05) is 0 Å². The topological polar surface area (TPSA) is 42.0 Å². The second-order valence-corrected chi connectivity index (χ2v) is 6.93. The first-order valence-electron chi connectivity index (χ1n) is 8.43. The maximum Gasteiger partial charge on any atom is 0.419 e. The maximum absolute atomic E-state index is 13.5. The molecule has 1 heterocycles. The van der Waals surface area contributed by atoms with Gasteiger partial charge in [-0.25, -0.2) is 4.39 Å². The van der Waals surface area contributed by atoms with Crippen LogP contribution in [0.3, 0.4) is 0 Å². The van der Waals surface area contributed by atoms with Gasteiger partial charge in [-0.1, -0.05) is 0 Å². The van der Waals surface area contributed by atoms with Crippen LogP contribution in [-0.2, 0) is 6.18 Å². The summed E-state index contributed by atoms with van der Waals surface area (Å²) in [5, 5.41) is 2.95. The summed E-state index contributed by atoms with van der Waals surface area (Å²) < 4.78 is 52.3. The number of anilines is 2. The van der Waals surface area contributed by atoms with Crippen molar-refractivity contribution in [1.29, 1.82) is 0 Å². The molecule has 0 spiro atoms. The number of nitrogens with zero attached hydrogens (tertiary/aromatic N) is 1. The number of fused-ring (bicyclic) bond motifs is 5. The average molecular weight is 364 g/mol. The number of Topliss-reactive ketones (excluding diaryl/α,β-unsaturated/α-hetero) is 1. The first-order valence-corrected chi connectivity index (χ1v) is 8.43. The van der Waals surface area contributed by atoms with Crippen LogP contribution in [0.4, 0.5) is 28.9 Å². The molecule has 1 aromatic heterocycles. The summed E-state index contributed by atoms with van der Waals surface area (Å²) in [5.74, 6) is -0.859. The minimum Gasteiger partial charge on any atom is -0.354 e. The molecule has 7 heteroatoms. The zero-order chi connectivity index (χ0) is 18.6. The zero-order valence-electron chi connectivity index (χ0n) is 14.0. The van der Waals surface area contributed by atoms with E-state index in [1.54, 1.807) is 0 Å². The predicted octanol–water partition coefficient (Wildman–Crippen LogP) is 5.55. The van der Waals surface area contributed by atoms with Gasteiger partial charge in [0.15, 0.2) is 5.78 Å². The number of pyridine rings is 1. The highest BCUT2D eigenvalue weighted by molar-refractivity contribution is 5.95. The number of halogens is 4. The lowest BCUT2D eigenvalue weighted by Gasteiger charge is -2.21. The highest BCUT2D eigenvalue weighted by atomic mass is 19.4. The van der Waals surface area contributed by atoms with Crippen molar-refractivity contribution in [2.24, 2.45) is 0 Å². The molecule has 2 unspecified atom stereocenters. The van der Waals surface area contributed by atoms with E-state index >= 15 is 0 Å². The van der Waals surface area contributed by atoms with Crippen molar-refractivity contribution in [1.82, 2.24) is 4.98 Å². The summed E-state index contributed by atoms with van der Waals surface area (Å²) in [6, 6.07) is 2.83. The lowest BCUT2D eigenvalue weighted by molar-refractivity contribution is -0.139. The Bertz CT molecular complexity index is 907. The molecule has 2 atom stereocenters. The molecule has 26 heavy (non-hydrogen) atoms. The van der Waals surface area contributed by atoms with Crippen LogP contribution >= 0.6 is 0 Å². The molecular weight excluding hydrogens is 348 g/mol. The minimum absolute atomic E-state index is 0.110. The van der Waals surface area contributed by atoms with Crippen LogP contribution in [0.1, 0.15) is 65.2 Å². The average Bonchev–Trinajstić information content (AvgIpc) is 3.17. The van der Waals surface area contributed by atoms with Crippen molar-refractivity contribution in [3.8, 4) is 0 Å². The van der Waals surface area contributed by atoms with Gasteiger partial charge in [0.1, 0.15) is 11.5 Å². The molecular formula is C19H16F4N2O. The number of nitrogens with one attached hydrogen (secondary N) is 1. The Morgan fingerprint density at radius 1 is 1.19 bits per heavy atom. The van der Waals surface area contributed by atoms with Crippen LogP contribution in [0.2, 0.25) is 0 Å².